The molecule has 1 aromatic carbocycles. The average Bonchev–Trinajstić information content (AvgIpc) is 3.20. The lowest BCUT2D eigenvalue weighted by molar-refractivity contribution is -0.157. The summed E-state index contributed by atoms with van der Waals surface area (Å²) in [7, 11) is 0. The zero-order chi connectivity index (χ0) is 17.3. The molecule has 2 aliphatic carbocycles. The number of rotatable bonds is 2. The van der Waals surface area contributed by atoms with Crippen LogP contribution in [0, 0.1) is 17.7 Å². The number of alkyl halides is 3. The third kappa shape index (κ3) is 2.52. The zero-order valence-electron chi connectivity index (χ0n) is 13.3. The van der Waals surface area contributed by atoms with Crippen molar-refractivity contribution >= 4 is 29.2 Å². The lowest BCUT2D eigenvalue weighted by atomic mass is 9.97. The summed E-state index contributed by atoms with van der Waals surface area (Å²) >= 11 is 1.25. The number of nitrogens with one attached hydrogen (secondary N) is 1. The summed E-state index contributed by atoms with van der Waals surface area (Å²) in [6.45, 7) is 0. The molecule has 3 nitrogen and oxygen atoms in total. The molecule has 0 amide bonds. The van der Waals surface area contributed by atoms with Crippen LogP contribution in [0.3, 0.4) is 0 Å². The van der Waals surface area contributed by atoms with E-state index in [1.807, 2.05) is 0 Å². The Kier molecular flexibility index (Phi) is 3.34. The maximum atomic E-state index is 14.1. The number of aliphatic imine (C=N–C) groups is 1. The number of piperidine rings is 1. The van der Waals surface area contributed by atoms with Crippen LogP contribution in [0.4, 0.5) is 28.9 Å². The van der Waals surface area contributed by atoms with Crippen LogP contribution in [0.2, 0.25) is 0 Å². The van der Waals surface area contributed by atoms with E-state index in [0.717, 1.165) is 25.1 Å². The first-order valence-electron chi connectivity index (χ1n) is 8.62. The third-order valence-electron chi connectivity index (χ3n) is 5.68. The molecule has 0 aromatic heterocycles. The molecule has 1 aromatic rings. The zero-order valence-corrected chi connectivity index (χ0v) is 14.1. The van der Waals surface area contributed by atoms with E-state index in [4.69, 9.17) is 0 Å². The number of benzene rings is 1. The number of amidine groups is 1. The van der Waals surface area contributed by atoms with Crippen molar-refractivity contribution in [2.45, 2.75) is 55.3 Å². The van der Waals surface area contributed by atoms with Crippen molar-refractivity contribution in [1.82, 2.24) is 4.72 Å². The Bertz CT molecular complexity index is 759. The molecule has 4 aliphatic rings. The van der Waals surface area contributed by atoms with Crippen LogP contribution in [-0.4, -0.2) is 24.1 Å². The van der Waals surface area contributed by atoms with Gasteiger partial charge in [-0.2, -0.15) is 13.2 Å². The normalized spacial score (nSPS) is 31.0. The molecule has 134 valence electrons. The second-order valence-electron chi connectivity index (χ2n) is 7.37. The van der Waals surface area contributed by atoms with Crippen molar-refractivity contribution in [3.05, 3.63) is 17.9 Å². The van der Waals surface area contributed by atoms with Crippen LogP contribution in [0.25, 0.3) is 0 Å². The van der Waals surface area contributed by atoms with E-state index in [9.17, 15) is 17.6 Å². The number of fused-ring (bicyclic) bond motifs is 3. The Hall–Kier alpha value is -1.44. The Morgan fingerprint density at radius 1 is 1.16 bits per heavy atom. The van der Waals surface area contributed by atoms with Crippen molar-refractivity contribution in [3.8, 4) is 0 Å². The Morgan fingerprint density at radius 2 is 1.96 bits per heavy atom. The molecule has 3 fully saturated rings. The lowest BCUT2D eigenvalue weighted by Crippen LogP contribution is -2.50. The monoisotopic (exact) mass is 371 g/mol. The van der Waals surface area contributed by atoms with E-state index in [2.05, 4.69) is 9.71 Å². The summed E-state index contributed by atoms with van der Waals surface area (Å²) < 4.78 is 58.4. The van der Waals surface area contributed by atoms with Gasteiger partial charge in [-0.15, -0.1) is 0 Å². The number of hydrogen-bond acceptors (Lipinski definition) is 4. The molecule has 0 radical (unpaired) electrons. The summed E-state index contributed by atoms with van der Waals surface area (Å²) in [6.07, 6.45) is -0.388. The van der Waals surface area contributed by atoms with Gasteiger partial charge in [0.15, 0.2) is 0 Å². The topological polar surface area (TPSA) is 27.6 Å². The first kappa shape index (κ1) is 15.8. The van der Waals surface area contributed by atoms with Crippen molar-refractivity contribution in [1.29, 1.82) is 0 Å². The van der Waals surface area contributed by atoms with E-state index >= 15 is 0 Å². The molecule has 2 saturated carbocycles. The van der Waals surface area contributed by atoms with E-state index < -0.39 is 24.0 Å². The van der Waals surface area contributed by atoms with Crippen LogP contribution >= 0.6 is 11.9 Å². The maximum Gasteiger partial charge on any atom is 0.409 e. The average molecular weight is 371 g/mol. The minimum absolute atomic E-state index is 0.179. The van der Waals surface area contributed by atoms with Gasteiger partial charge in [0.1, 0.15) is 23.4 Å². The van der Waals surface area contributed by atoms with Gasteiger partial charge < -0.3 is 9.62 Å². The number of anilines is 1. The molecule has 3 atom stereocenters. The van der Waals surface area contributed by atoms with Gasteiger partial charge in [-0.3, -0.25) is 0 Å². The second kappa shape index (κ2) is 5.28. The van der Waals surface area contributed by atoms with Gasteiger partial charge >= 0.3 is 6.18 Å². The summed E-state index contributed by atoms with van der Waals surface area (Å²) in [5, 5.41) is 0. The van der Waals surface area contributed by atoms with Gasteiger partial charge in [0.25, 0.3) is 0 Å². The van der Waals surface area contributed by atoms with Crippen LogP contribution < -0.4 is 9.62 Å². The molecule has 2 aliphatic heterocycles. The quantitative estimate of drug-likeness (QED) is 0.598. The molecule has 8 heteroatoms. The molecule has 0 spiro atoms. The highest BCUT2D eigenvalue weighted by Crippen LogP contribution is 2.54. The number of halogens is 4. The second-order valence-corrected chi connectivity index (χ2v) is 8.22. The smallest absolute Gasteiger partial charge is 0.355 e. The van der Waals surface area contributed by atoms with E-state index in [-0.39, 0.29) is 6.04 Å². The Balaban J connectivity index is 1.63. The molecule has 1 N–H and O–H groups in total. The summed E-state index contributed by atoms with van der Waals surface area (Å²) in [5.41, 5.74) is 0.797. The SMILES string of the molecule is Fc1cc2c(c(N3[C@@H]4CC[C@@H](C4)[C@H]3C(F)(F)F)c1)N=C(C1CC1)NS2. The van der Waals surface area contributed by atoms with Crippen LogP contribution in [0.5, 0.6) is 0 Å². The molecular formula is C17H17F4N3S. The molecule has 0 unspecified atom stereocenters. The van der Waals surface area contributed by atoms with E-state index in [1.165, 1.54) is 29.0 Å². The predicted molar refractivity (Wildman–Crippen MR) is 88.7 cm³/mol. The van der Waals surface area contributed by atoms with Crippen LogP contribution in [0.1, 0.15) is 32.1 Å². The van der Waals surface area contributed by atoms with Gasteiger partial charge in [-0.05, 0) is 62.1 Å². The fourth-order valence-electron chi connectivity index (χ4n) is 4.49. The number of nitrogens with zero attached hydrogens (tertiary/aromatic N) is 2. The van der Waals surface area contributed by atoms with Gasteiger partial charge in [0, 0.05) is 12.0 Å². The first-order chi connectivity index (χ1) is 11.9. The van der Waals surface area contributed by atoms with E-state index in [0.29, 0.717) is 35.0 Å². The number of hydrogen-bond donors (Lipinski definition) is 1. The maximum absolute atomic E-state index is 14.1. The van der Waals surface area contributed by atoms with Crippen molar-refractivity contribution in [3.63, 3.8) is 0 Å². The Labute approximate surface area is 147 Å². The van der Waals surface area contributed by atoms with Gasteiger partial charge in [0.05, 0.1) is 10.6 Å². The fraction of sp³-hybridized carbons (Fsp3) is 0.588. The lowest BCUT2D eigenvalue weighted by Gasteiger charge is -2.39. The van der Waals surface area contributed by atoms with Crippen molar-refractivity contribution in [2.75, 3.05) is 4.90 Å². The van der Waals surface area contributed by atoms with E-state index in [1.54, 1.807) is 0 Å². The molecule has 25 heavy (non-hydrogen) atoms. The molecule has 1 saturated heterocycles. The van der Waals surface area contributed by atoms with Gasteiger partial charge in [-0.1, -0.05) is 0 Å². The highest BCUT2D eigenvalue weighted by atomic mass is 32.2. The summed E-state index contributed by atoms with van der Waals surface area (Å²) in [5.74, 6) is 0.243. The summed E-state index contributed by atoms with van der Waals surface area (Å²) in [4.78, 5) is 6.57. The molecule has 5 rings (SSSR count). The van der Waals surface area contributed by atoms with Crippen LogP contribution in [0.15, 0.2) is 22.0 Å². The minimum Gasteiger partial charge on any atom is -0.355 e. The van der Waals surface area contributed by atoms with Crippen molar-refractivity contribution in [2.24, 2.45) is 16.8 Å². The highest BCUT2D eigenvalue weighted by molar-refractivity contribution is 7.98. The van der Waals surface area contributed by atoms with Gasteiger partial charge in [-0.25, -0.2) is 9.38 Å². The molecule has 2 heterocycles. The third-order valence-corrected chi connectivity index (χ3v) is 6.52. The minimum atomic E-state index is -4.32. The van der Waals surface area contributed by atoms with Crippen LogP contribution in [-0.2, 0) is 0 Å². The fourth-order valence-corrected chi connectivity index (χ4v) is 5.33. The first-order valence-corrected chi connectivity index (χ1v) is 9.43. The molecular weight excluding hydrogens is 354 g/mol. The standard InChI is InChI=1S/C17H17F4N3S/c18-10-6-12(14-13(7-10)25-23-16(22-14)8-1-2-8)24-11-4-3-9(5-11)15(24)17(19,20)21/h6-9,11,15H,1-5H2,(H,22,23)/t9-,11+,15-/m0/s1. The van der Waals surface area contributed by atoms with Gasteiger partial charge in [0.2, 0.25) is 0 Å². The molecule has 2 bridgehead atoms. The van der Waals surface area contributed by atoms with Crippen molar-refractivity contribution < 1.29 is 17.6 Å². The highest BCUT2D eigenvalue weighted by Gasteiger charge is 2.58. The summed E-state index contributed by atoms with van der Waals surface area (Å²) in [6, 6.07) is 0.872. The largest absolute Gasteiger partial charge is 0.409 e. The predicted octanol–water partition coefficient (Wildman–Crippen LogP) is 4.80. The Morgan fingerprint density at radius 3 is 2.68 bits per heavy atom.